The van der Waals surface area contributed by atoms with Crippen LogP contribution in [0, 0.1) is 0 Å². The lowest BCUT2D eigenvalue weighted by Gasteiger charge is -2.13. The van der Waals surface area contributed by atoms with Crippen molar-refractivity contribution in [3.8, 4) is 11.3 Å². The number of pyridine rings is 1. The Morgan fingerprint density at radius 1 is 1.15 bits per heavy atom. The fourth-order valence-corrected chi connectivity index (χ4v) is 2.67. The smallest absolute Gasteiger partial charge is 0.289 e. The van der Waals surface area contributed by atoms with Crippen LogP contribution >= 0.6 is 0 Å². The second-order valence-electron chi connectivity index (χ2n) is 6.05. The number of nitrogens with zero attached hydrogens (tertiary/aromatic N) is 5. The van der Waals surface area contributed by atoms with Gasteiger partial charge >= 0.3 is 0 Å². The van der Waals surface area contributed by atoms with Crippen molar-refractivity contribution in [2.24, 2.45) is 0 Å². The van der Waals surface area contributed by atoms with Gasteiger partial charge in [0.05, 0.1) is 13.1 Å². The predicted octanol–water partition coefficient (Wildman–Crippen LogP) is 2.85. The zero-order chi connectivity index (χ0) is 18.6. The molecule has 0 spiro atoms. The number of furan rings is 1. The van der Waals surface area contributed by atoms with E-state index in [0.29, 0.717) is 23.8 Å². The van der Waals surface area contributed by atoms with Gasteiger partial charge in [0, 0.05) is 43.5 Å². The molecule has 0 aliphatic rings. The molecule has 0 atom stereocenters. The highest BCUT2D eigenvalue weighted by Gasteiger charge is 2.18. The first-order valence-corrected chi connectivity index (χ1v) is 8.36. The highest BCUT2D eigenvalue weighted by Crippen LogP contribution is 2.19. The van der Waals surface area contributed by atoms with Crippen molar-refractivity contribution >= 4 is 5.91 Å². The molecule has 0 fully saturated rings. The van der Waals surface area contributed by atoms with Gasteiger partial charge in [0.2, 0.25) is 0 Å². The fraction of sp³-hybridized carbons (Fsp3) is 0.158. The average molecular weight is 363 g/mol. The SMILES string of the molecule is CN(Cc1cc(-c2ccncc2)no1)C(=O)c1ccc(Cn2cccn2)o1. The Morgan fingerprint density at radius 3 is 2.78 bits per heavy atom. The van der Waals surface area contributed by atoms with E-state index in [1.807, 2.05) is 30.5 Å². The quantitative estimate of drug-likeness (QED) is 0.523. The molecule has 0 aliphatic carbocycles. The summed E-state index contributed by atoms with van der Waals surface area (Å²) < 4.78 is 12.7. The fourth-order valence-electron chi connectivity index (χ4n) is 2.67. The van der Waals surface area contributed by atoms with Gasteiger partial charge in [0.1, 0.15) is 11.5 Å². The lowest BCUT2D eigenvalue weighted by molar-refractivity contribution is 0.0738. The number of aromatic nitrogens is 4. The summed E-state index contributed by atoms with van der Waals surface area (Å²) in [6, 6.07) is 10.8. The van der Waals surface area contributed by atoms with Gasteiger partial charge in [-0.2, -0.15) is 5.10 Å². The van der Waals surface area contributed by atoms with Gasteiger partial charge in [0.25, 0.3) is 5.91 Å². The molecule has 8 heteroatoms. The highest BCUT2D eigenvalue weighted by atomic mass is 16.5. The van der Waals surface area contributed by atoms with E-state index in [1.54, 1.807) is 42.5 Å². The topological polar surface area (TPSA) is 90.2 Å². The molecular weight excluding hydrogens is 346 g/mol. The predicted molar refractivity (Wildman–Crippen MR) is 95.6 cm³/mol. The molecule has 0 radical (unpaired) electrons. The van der Waals surface area contributed by atoms with E-state index in [4.69, 9.17) is 8.94 Å². The van der Waals surface area contributed by atoms with Crippen molar-refractivity contribution in [1.82, 2.24) is 24.8 Å². The summed E-state index contributed by atoms with van der Waals surface area (Å²) in [5.41, 5.74) is 1.61. The largest absolute Gasteiger partial charge is 0.454 e. The standard InChI is InChI=1S/C19H17N5O3/c1-23(12-16-11-17(22-27-16)14-5-8-20-9-6-14)19(25)18-4-3-15(26-18)13-24-10-2-7-21-24/h2-11H,12-13H2,1H3. The number of amides is 1. The summed E-state index contributed by atoms with van der Waals surface area (Å²) in [6.07, 6.45) is 6.91. The normalized spacial score (nSPS) is 10.9. The number of hydrogen-bond acceptors (Lipinski definition) is 6. The molecule has 0 unspecified atom stereocenters. The van der Waals surface area contributed by atoms with E-state index < -0.39 is 0 Å². The zero-order valence-corrected chi connectivity index (χ0v) is 14.6. The van der Waals surface area contributed by atoms with Gasteiger partial charge in [-0.3, -0.25) is 14.5 Å². The molecule has 4 aromatic rings. The van der Waals surface area contributed by atoms with Gasteiger partial charge in [-0.05, 0) is 30.3 Å². The Hall–Kier alpha value is -3.68. The van der Waals surface area contributed by atoms with Crippen LogP contribution in [0.25, 0.3) is 11.3 Å². The van der Waals surface area contributed by atoms with Crippen LogP contribution in [-0.4, -0.2) is 37.8 Å². The lowest BCUT2D eigenvalue weighted by atomic mass is 10.2. The second-order valence-corrected chi connectivity index (χ2v) is 6.05. The van der Waals surface area contributed by atoms with Crippen molar-refractivity contribution in [3.63, 3.8) is 0 Å². The molecule has 4 aromatic heterocycles. The number of hydrogen-bond donors (Lipinski definition) is 0. The van der Waals surface area contributed by atoms with E-state index in [2.05, 4.69) is 15.2 Å². The van der Waals surface area contributed by atoms with E-state index in [1.165, 1.54) is 4.90 Å². The third-order valence-electron chi connectivity index (χ3n) is 4.02. The molecular formula is C19H17N5O3. The molecule has 0 bridgehead atoms. The summed E-state index contributed by atoms with van der Waals surface area (Å²) in [4.78, 5) is 18.1. The third kappa shape index (κ3) is 3.79. The molecule has 0 saturated carbocycles. The molecule has 0 N–H and O–H groups in total. The van der Waals surface area contributed by atoms with Crippen LogP contribution in [0.2, 0.25) is 0 Å². The van der Waals surface area contributed by atoms with Gasteiger partial charge in [-0.1, -0.05) is 5.16 Å². The van der Waals surface area contributed by atoms with Gasteiger partial charge in [-0.15, -0.1) is 0 Å². The van der Waals surface area contributed by atoms with Crippen LogP contribution in [0.5, 0.6) is 0 Å². The average Bonchev–Trinajstić information content (AvgIpc) is 3.44. The Balaban J connectivity index is 1.41. The number of carbonyl (C=O) groups excluding carboxylic acids is 1. The molecule has 0 aliphatic heterocycles. The van der Waals surface area contributed by atoms with Crippen LogP contribution in [0.4, 0.5) is 0 Å². The summed E-state index contributed by atoms with van der Waals surface area (Å²) in [5.74, 6) is 1.29. The molecule has 0 aromatic carbocycles. The molecule has 8 nitrogen and oxygen atoms in total. The summed E-state index contributed by atoms with van der Waals surface area (Å²) >= 11 is 0. The van der Waals surface area contributed by atoms with Gasteiger partial charge < -0.3 is 13.8 Å². The van der Waals surface area contributed by atoms with Crippen LogP contribution in [0.1, 0.15) is 22.1 Å². The lowest BCUT2D eigenvalue weighted by Crippen LogP contribution is -2.25. The van der Waals surface area contributed by atoms with E-state index in [-0.39, 0.29) is 18.2 Å². The van der Waals surface area contributed by atoms with Crippen molar-refractivity contribution in [3.05, 3.63) is 78.5 Å². The van der Waals surface area contributed by atoms with Gasteiger partial charge in [-0.25, -0.2) is 0 Å². The minimum absolute atomic E-state index is 0.233. The number of rotatable bonds is 6. The summed E-state index contributed by atoms with van der Waals surface area (Å²) in [7, 11) is 1.69. The first-order chi connectivity index (χ1) is 13.2. The van der Waals surface area contributed by atoms with Crippen molar-refractivity contribution in [2.45, 2.75) is 13.1 Å². The molecule has 27 heavy (non-hydrogen) atoms. The molecule has 4 heterocycles. The maximum Gasteiger partial charge on any atom is 0.289 e. The second kappa shape index (κ2) is 7.28. The van der Waals surface area contributed by atoms with Crippen LogP contribution < -0.4 is 0 Å². The maximum atomic E-state index is 12.6. The third-order valence-corrected chi connectivity index (χ3v) is 4.02. The summed E-state index contributed by atoms with van der Waals surface area (Å²) in [6.45, 7) is 0.757. The summed E-state index contributed by atoms with van der Waals surface area (Å²) in [5, 5.41) is 8.17. The first kappa shape index (κ1) is 16.8. The number of carbonyl (C=O) groups is 1. The van der Waals surface area contributed by atoms with E-state index in [0.717, 1.165) is 5.56 Å². The van der Waals surface area contributed by atoms with E-state index >= 15 is 0 Å². The van der Waals surface area contributed by atoms with Crippen molar-refractivity contribution < 1.29 is 13.7 Å². The minimum atomic E-state index is -0.233. The molecule has 136 valence electrons. The molecule has 1 amide bonds. The molecule has 0 saturated heterocycles. The highest BCUT2D eigenvalue weighted by molar-refractivity contribution is 5.91. The van der Waals surface area contributed by atoms with Crippen LogP contribution in [-0.2, 0) is 13.1 Å². The van der Waals surface area contributed by atoms with Crippen LogP contribution in [0.15, 0.2) is 70.1 Å². The monoisotopic (exact) mass is 363 g/mol. The zero-order valence-electron chi connectivity index (χ0n) is 14.6. The van der Waals surface area contributed by atoms with Gasteiger partial charge in [0.15, 0.2) is 11.5 Å². The van der Waals surface area contributed by atoms with E-state index in [9.17, 15) is 4.79 Å². The maximum absolute atomic E-state index is 12.6. The minimum Gasteiger partial charge on any atom is -0.454 e. The Kier molecular flexibility index (Phi) is 4.52. The first-order valence-electron chi connectivity index (χ1n) is 8.36. The molecule has 4 rings (SSSR count). The Bertz CT molecular complexity index is 1020. The Labute approximate surface area is 155 Å². The van der Waals surface area contributed by atoms with Crippen molar-refractivity contribution in [1.29, 1.82) is 0 Å². The van der Waals surface area contributed by atoms with Crippen LogP contribution in [0.3, 0.4) is 0 Å². The van der Waals surface area contributed by atoms with Crippen molar-refractivity contribution in [2.75, 3.05) is 7.05 Å². The Morgan fingerprint density at radius 2 is 2.00 bits per heavy atom.